The second-order valence-electron chi connectivity index (χ2n) is 3.67. The lowest BCUT2D eigenvalue weighted by Gasteiger charge is -2.06. The topological polar surface area (TPSA) is 85.1 Å². The van der Waals surface area contributed by atoms with Crippen molar-refractivity contribution in [2.75, 3.05) is 16.8 Å². The van der Waals surface area contributed by atoms with E-state index < -0.39 is 9.84 Å². The molecular formula is C10H12BrN3O2S3. The number of halogens is 1. The second kappa shape index (κ2) is 5.78. The summed E-state index contributed by atoms with van der Waals surface area (Å²) in [6, 6.07) is 1.95. The smallest absolute Gasteiger partial charge is 0.184 e. The number of nitrogens with one attached hydrogen (secondary N) is 1. The van der Waals surface area contributed by atoms with Gasteiger partial charge in [0.05, 0.1) is 12.3 Å². The molecule has 0 unspecified atom stereocenters. The van der Waals surface area contributed by atoms with Crippen LogP contribution in [0.2, 0.25) is 0 Å². The number of nitrogens with two attached hydrogens (primary N) is 1. The molecule has 3 N–H and O–H groups in total. The van der Waals surface area contributed by atoms with Gasteiger partial charge in [-0.2, -0.15) is 4.37 Å². The Hall–Kier alpha value is -0.640. The maximum atomic E-state index is 12.0. The Morgan fingerprint density at radius 1 is 1.53 bits per heavy atom. The monoisotopic (exact) mass is 381 g/mol. The number of nitrogen functional groups attached to an aromatic ring is 1. The normalized spacial score (nSPS) is 11.7. The SMILES string of the molecule is CCS(=O)(=O)c1c(N)nsc1NCc1sccc1Br. The van der Waals surface area contributed by atoms with Crippen molar-refractivity contribution in [2.24, 2.45) is 0 Å². The van der Waals surface area contributed by atoms with Gasteiger partial charge >= 0.3 is 0 Å². The molecule has 0 amide bonds. The van der Waals surface area contributed by atoms with Gasteiger partial charge in [-0.05, 0) is 38.9 Å². The standard InChI is InChI=1S/C10H12BrN3O2S3/c1-2-19(15,16)8-9(12)14-18-10(8)13-5-7-6(11)3-4-17-7/h3-4,13H,2,5H2,1H3,(H2,12,14). The molecule has 0 radical (unpaired) electrons. The zero-order chi connectivity index (χ0) is 14.0. The van der Waals surface area contributed by atoms with Gasteiger partial charge < -0.3 is 11.1 Å². The van der Waals surface area contributed by atoms with Crippen molar-refractivity contribution in [3.8, 4) is 0 Å². The first-order valence-electron chi connectivity index (χ1n) is 5.39. The van der Waals surface area contributed by atoms with Crippen LogP contribution in [0.5, 0.6) is 0 Å². The van der Waals surface area contributed by atoms with E-state index in [9.17, 15) is 8.42 Å². The third-order valence-corrected chi connectivity index (χ3v) is 7.14. The minimum Gasteiger partial charge on any atom is -0.382 e. The van der Waals surface area contributed by atoms with E-state index in [2.05, 4.69) is 25.6 Å². The first-order valence-corrected chi connectivity index (χ1v) is 9.49. The van der Waals surface area contributed by atoms with Crippen LogP contribution < -0.4 is 11.1 Å². The number of hydrogen-bond donors (Lipinski definition) is 2. The molecule has 2 aromatic rings. The highest BCUT2D eigenvalue weighted by Gasteiger charge is 2.23. The van der Waals surface area contributed by atoms with Crippen LogP contribution >= 0.6 is 38.8 Å². The summed E-state index contributed by atoms with van der Waals surface area (Å²) in [7, 11) is -3.37. The Balaban J connectivity index is 2.25. The Kier molecular flexibility index (Phi) is 4.49. The quantitative estimate of drug-likeness (QED) is 0.831. The lowest BCUT2D eigenvalue weighted by atomic mass is 10.4. The van der Waals surface area contributed by atoms with E-state index in [0.29, 0.717) is 11.5 Å². The first-order chi connectivity index (χ1) is 8.95. The summed E-state index contributed by atoms with van der Waals surface area (Å²) >= 11 is 6.09. The largest absolute Gasteiger partial charge is 0.382 e. The van der Waals surface area contributed by atoms with Gasteiger partial charge in [-0.3, -0.25) is 0 Å². The van der Waals surface area contributed by atoms with Crippen molar-refractivity contribution in [3.63, 3.8) is 0 Å². The van der Waals surface area contributed by atoms with Crippen molar-refractivity contribution in [1.29, 1.82) is 0 Å². The van der Waals surface area contributed by atoms with E-state index in [4.69, 9.17) is 5.73 Å². The molecular weight excluding hydrogens is 370 g/mol. The minimum absolute atomic E-state index is 0.00693. The second-order valence-corrected chi connectivity index (χ2v) is 8.52. The first kappa shape index (κ1) is 14.8. The van der Waals surface area contributed by atoms with E-state index in [-0.39, 0.29) is 16.5 Å². The van der Waals surface area contributed by atoms with Crippen molar-refractivity contribution >= 4 is 59.5 Å². The van der Waals surface area contributed by atoms with Crippen LogP contribution in [0.3, 0.4) is 0 Å². The molecule has 0 saturated heterocycles. The molecule has 0 aliphatic carbocycles. The summed E-state index contributed by atoms with van der Waals surface area (Å²) < 4.78 is 28.9. The van der Waals surface area contributed by atoms with Crippen LogP contribution in [0.4, 0.5) is 10.8 Å². The van der Waals surface area contributed by atoms with E-state index in [1.807, 2.05) is 11.4 Å². The highest BCUT2D eigenvalue weighted by molar-refractivity contribution is 9.10. The molecule has 104 valence electrons. The maximum Gasteiger partial charge on any atom is 0.184 e. The zero-order valence-electron chi connectivity index (χ0n) is 10.0. The molecule has 2 rings (SSSR count). The van der Waals surface area contributed by atoms with Gasteiger partial charge in [0.2, 0.25) is 0 Å². The third-order valence-electron chi connectivity index (χ3n) is 2.47. The van der Waals surface area contributed by atoms with E-state index in [1.165, 1.54) is 0 Å². The summed E-state index contributed by atoms with van der Waals surface area (Å²) in [6.07, 6.45) is 0. The summed E-state index contributed by atoms with van der Waals surface area (Å²) in [6.45, 7) is 2.12. The van der Waals surface area contributed by atoms with Crippen LogP contribution in [-0.4, -0.2) is 18.5 Å². The van der Waals surface area contributed by atoms with Gasteiger partial charge in [0.25, 0.3) is 0 Å². The molecule has 0 atom stereocenters. The number of nitrogens with zero attached hydrogens (tertiary/aromatic N) is 1. The fraction of sp³-hybridized carbons (Fsp3) is 0.300. The molecule has 19 heavy (non-hydrogen) atoms. The molecule has 0 aliphatic heterocycles. The number of aromatic nitrogens is 1. The molecule has 2 aromatic heterocycles. The molecule has 0 fully saturated rings. The van der Waals surface area contributed by atoms with Crippen LogP contribution in [-0.2, 0) is 16.4 Å². The van der Waals surface area contributed by atoms with Gasteiger partial charge in [0.1, 0.15) is 9.90 Å². The highest BCUT2D eigenvalue weighted by atomic mass is 79.9. The minimum atomic E-state index is -3.37. The molecule has 0 bridgehead atoms. The van der Waals surface area contributed by atoms with Crippen molar-refractivity contribution in [1.82, 2.24) is 4.37 Å². The lowest BCUT2D eigenvalue weighted by molar-refractivity contribution is 0.598. The predicted molar refractivity (Wildman–Crippen MR) is 83.6 cm³/mol. The van der Waals surface area contributed by atoms with Gasteiger partial charge in [-0.1, -0.05) is 6.92 Å². The fourth-order valence-corrected chi connectivity index (χ4v) is 5.06. The van der Waals surface area contributed by atoms with Crippen molar-refractivity contribution in [3.05, 3.63) is 20.8 Å². The van der Waals surface area contributed by atoms with Gasteiger partial charge in [-0.15, -0.1) is 11.3 Å². The van der Waals surface area contributed by atoms with Crippen LogP contribution in [0.25, 0.3) is 0 Å². The Bertz CT molecular complexity index is 678. The van der Waals surface area contributed by atoms with E-state index in [0.717, 1.165) is 20.9 Å². The summed E-state index contributed by atoms with van der Waals surface area (Å²) in [4.78, 5) is 1.21. The molecule has 0 aliphatic rings. The molecule has 5 nitrogen and oxygen atoms in total. The van der Waals surface area contributed by atoms with E-state index >= 15 is 0 Å². The van der Waals surface area contributed by atoms with Gasteiger partial charge in [0.15, 0.2) is 15.7 Å². The summed E-state index contributed by atoms with van der Waals surface area (Å²) in [5.41, 5.74) is 5.66. The zero-order valence-corrected chi connectivity index (χ0v) is 14.0. The van der Waals surface area contributed by atoms with Crippen molar-refractivity contribution in [2.45, 2.75) is 18.4 Å². The average Bonchev–Trinajstić information content (AvgIpc) is 2.93. The molecule has 0 aromatic carbocycles. The molecule has 0 saturated carbocycles. The Morgan fingerprint density at radius 2 is 2.26 bits per heavy atom. The van der Waals surface area contributed by atoms with Gasteiger partial charge in [0, 0.05) is 9.35 Å². The Morgan fingerprint density at radius 3 is 2.84 bits per heavy atom. The number of hydrogen-bond acceptors (Lipinski definition) is 7. The van der Waals surface area contributed by atoms with Gasteiger partial charge in [-0.25, -0.2) is 8.42 Å². The maximum absolute atomic E-state index is 12.0. The number of thiophene rings is 1. The summed E-state index contributed by atoms with van der Waals surface area (Å²) in [5, 5.41) is 5.56. The number of sulfone groups is 1. The predicted octanol–water partition coefficient (Wildman–Crippen LogP) is 2.96. The van der Waals surface area contributed by atoms with Crippen LogP contribution in [0, 0.1) is 0 Å². The highest BCUT2D eigenvalue weighted by Crippen LogP contribution is 2.33. The number of anilines is 2. The average molecular weight is 382 g/mol. The van der Waals surface area contributed by atoms with Crippen LogP contribution in [0.1, 0.15) is 11.8 Å². The van der Waals surface area contributed by atoms with E-state index in [1.54, 1.807) is 18.3 Å². The Labute approximate surface area is 128 Å². The molecule has 9 heteroatoms. The third kappa shape index (κ3) is 3.10. The van der Waals surface area contributed by atoms with Crippen LogP contribution in [0.15, 0.2) is 20.8 Å². The molecule has 2 heterocycles. The lowest BCUT2D eigenvalue weighted by Crippen LogP contribution is -2.09. The molecule has 0 spiro atoms. The number of rotatable bonds is 5. The van der Waals surface area contributed by atoms with Crippen molar-refractivity contribution < 1.29 is 8.42 Å². The fourth-order valence-electron chi connectivity index (χ4n) is 1.46. The summed E-state index contributed by atoms with van der Waals surface area (Å²) in [5.74, 6) is 0.0760.